The topological polar surface area (TPSA) is 50.9 Å². The molecule has 144 valence electrons. The van der Waals surface area contributed by atoms with Crippen LogP contribution in [0.5, 0.6) is 5.75 Å². The summed E-state index contributed by atoms with van der Waals surface area (Å²) in [5.74, 6) is 1.95. The summed E-state index contributed by atoms with van der Waals surface area (Å²) in [6.07, 6.45) is 4.19. The average molecular weight is 358 g/mol. The van der Waals surface area contributed by atoms with Gasteiger partial charge in [-0.15, -0.1) is 0 Å². The Labute approximate surface area is 159 Å². The van der Waals surface area contributed by atoms with Crippen molar-refractivity contribution in [3.63, 3.8) is 0 Å². The molecule has 26 heavy (non-hydrogen) atoms. The molecule has 0 saturated carbocycles. The van der Waals surface area contributed by atoms with Crippen LogP contribution in [0.1, 0.15) is 50.3 Å². The van der Waals surface area contributed by atoms with Gasteiger partial charge in [0, 0.05) is 5.70 Å². The van der Waals surface area contributed by atoms with Crippen molar-refractivity contribution in [2.75, 3.05) is 14.1 Å². The summed E-state index contributed by atoms with van der Waals surface area (Å²) in [6, 6.07) is 4.20. The monoisotopic (exact) mass is 357 g/mol. The highest BCUT2D eigenvalue weighted by Gasteiger charge is 2.46. The Morgan fingerprint density at radius 1 is 1.12 bits per heavy atom. The predicted octanol–water partition coefficient (Wildman–Crippen LogP) is 4.37. The molecule has 0 spiro atoms. The first-order valence-corrected chi connectivity index (χ1v) is 9.63. The number of aryl methyl sites for hydroxylation is 3. The third-order valence-electron chi connectivity index (χ3n) is 5.47. The molecule has 2 N–H and O–H groups in total. The molecular weight excluding hydrogens is 322 g/mol. The highest BCUT2D eigenvalue weighted by molar-refractivity contribution is 5.88. The molecule has 1 aromatic carbocycles. The summed E-state index contributed by atoms with van der Waals surface area (Å²) in [4.78, 5) is 6.90. The molecule has 0 aliphatic carbocycles. The second-order valence-electron chi connectivity index (χ2n) is 7.95. The van der Waals surface area contributed by atoms with E-state index in [1.807, 2.05) is 6.92 Å². The van der Waals surface area contributed by atoms with E-state index in [9.17, 15) is 0 Å². The van der Waals surface area contributed by atoms with Gasteiger partial charge in [-0.05, 0) is 64.9 Å². The fraction of sp³-hybridized carbons (Fsp3) is 0.591. The highest BCUT2D eigenvalue weighted by Crippen LogP contribution is 2.35. The second-order valence-corrected chi connectivity index (χ2v) is 7.95. The van der Waals surface area contributed by atoms with Crippen LogP contribution in [0.15, 0.2) is 28.9 Å². The SMILES string of the molecule is CCC(CC)C1(N)C=C(C)N=C(Oc2c(C)cc(C)cc2C)C1N(C)C. The fourth-order valence-electron chi connectivity index (χ4n) is 4.44. The van der Waals surface area contributed by atoms with E-state index in [0.717, 1.165) is 35.4 Å². The zero-order valence-corrected chi connectivity index (χ0v) is 17.7. The minimum atomic E-state index is -0.499. The fourth-order valence-corrected chi connectivity index (χ4v) is 4.44. The van der Waals surface area contributed by atoms with Crippen molar-refractivity contribution in [1.29, 1.82) is 0 Å². The summed E-state index contributed by atoms with van der Waals surface area (Å²) in [5, 5.41) is 0. The van der Waals surface area contributed by atoms with Crippen LogP contribution in [-0.4, -0.2) is 36.5 Å². The van der Waals surface area contributed by atoms with Gasteiger partial charge in [-0.2, -0.15) is 0 Å². The van der Waals surface area contributed by atoms with E-state index in [-0.39, 0.29) is 6.04 Å². The van der Waals surface area contributed by atoms with Crippen molar-refractivity contribution >= 4 is 5.90 Å². The number of allylic oxidation sites excluding steroid dienone is 1. The van der Waals surface area contributed by atoms with Gasteiger partial charge in [-0.1, -0.05) is 44.4 Å². The van der Waals surface area contributed by atoms with Gasteiger partial charge >= 0.3 is 0 Å². The summed E-state index contributed by atoms with van der Waals surface area (Å²) in [7, 11) is 4.10. The molecule has 0 amide bonds. The van der Waals surface area contributed by atoms with Crippen molar-refractivity contribution in [2.24, 2.45) is 16.6 Å². The molecule has 1 heterocycles. The Balaban J connectivity index is 2.52. The molecule has 1 aliphatic rings. The molecule has 2 unspecified atom stereocenters. The Morgan fingerprint density at radius 3 is 2.12 bits per heavy atom. The van der Waals surface area contributed by atoms with Crippen LogP contribution in [0.4, 0.5) is 0 Å². The minimum absolute atomic E-state index is 0.101. The number of ether oxygens (including phenoxy) is 1. The van der Waals surface area contributed by atoms with Crippen LogP contribution in [0, 0.1) is 26.7 Å². The van der Waals surface area contributed by atoms with Crippen LogP contribution < -0.4 is 10.5 Å². The third kappa shape index (κ3) is 3.86. The molecule has 0 bridgehead atoms. The number of benzene rings is 1. The molecule has 0 aromatic heterocycles. The van der Waals surface area contributed by atoms with Crippen LogP contribution in [-0.2, 0) is 0 Å². The average Bonchev–Trinajstić information content (AvgIpc) is 2.50. The van der Waals surface area contributed by atoms with Gasteiger partial charge in [0.2, 0.25) is 5.90 Å². The lowest BCUT2D eigenvalue weighted by Crippen LogP contribution is -2.65. The van der Waals surface area contributed by atoms with Gasteiger partial charge in [-0.3, -0.25) is 4.90 Å². The lowest BCUT2D eigenvalue weighted by molar-refractivity contribution is 0.178. The molecular formula is C22H35N3O. The number of likely N-dealkylation sites (N-methyl/N-ethyl adjacent to an activating group) is 1. The second kappa shape index (κ2) is 7.93. The number of hydrogen-bond acceptors (Lipinski definition) is 4. The van der Waals surface area contributed by atoms with Crippen molar-refractivity contribution in [1.82, 2.24) is 4.90 Å². The first-order chi connectivity index (χ1) is 12.1. The first-order valence-electron chi connectivity index (χ1n) is 9.63. The smallest absolute Gasteiger partial charge is 0.214 e. The first kappa shape index (κ1) is 20.7. The van der Waals surface area contributed by atoms with Gasteiger partial charge in [0.1, 0.15) is 11.8 Å². The van der Waals surface area contributed by atoms with Gasteiger partial charge in [0.15, 0.2) is 0 Å². The molecule has 2 atom stereocenters. The zero-order chi connectivity index (χ0) is 19.6. The van der Waals surface area contributed by atoms with E-state index in [2.05, 4.69) is 71.8 Å². The highest BCUT2D eigenvalue weighted by atomic mass is 16.5. The minimum Gasteiger partial charge on any atom is -0.441 e. The zero-order valence-electron chi connectivity index (χ0n) is 17.7. The van der Waals surface area contributed by atoms with Crippen molar-refractivity contribution in [3.05, 3.63) is 40.6 Å². The Bertz CT molecular complexity index is 693. The van der Waals surface area contributed by atoms with Gasteiger partial charge in [0.25, 0.3) is 0 Å². The largest absolute Gasteiger partial charge is 0.441 e. The maximum Gasteiger partial charge on any atom is 0.214 e. The summed E-state index contributed by atoms with van der Waals surface area (Å²) in [6.45, 7) is 12.7. The lowest BCUT2D eigenvalue weighted by Gasteiger charge is -2.46. The van der Waals surface area contributed by atoms with E-state index >= 15 is 0 Å². The summed E-state index contributed by atoms with van der Waals surface area (Å²) >= 11 is 0. The maximum absolute atomic E-state index is 7.03. The number of hydrogen-bond donors (Lipinski definition) is 1. The van der Waals surface area contributed by atoms with Gasteiger partial charge < -0.3 is 10.5 Å². The van der Waals surface area contributed by atoms with E-state index in [4.69, 9.17) is 15.5 Å². The number of rotatable bonds is 5. The number of nitrogens with two attached hydrogens (primary N) is 1. The quantitative estimate of drug-likeness (QED) is 0.851. The van der Waals surface area contributed by atoms with Gasteiger partial charge in [0.05, 0.1) is 5.54 Å². The molecule has 0 fully saturated rings. The van der Waals surface area contributed by atoms with Crippen LogP contribution >= 0.6 is 0 Å². The van der Waals surface area contributed by atoms with E-state index in [1.54, 1.807) is 0 Å². The molecule has 4 nitrogen and oxygen atoms in total. The molecule has 2 rings (SSSR count). The standard InChI is InChI=1S/C22H35N3O/c1-9-18(10-2)22(23)13-17(6)24-21(20(22)25(7)8)26-19-15(4)11-14(3)12-16(19)5/h11-13,18,20H,9-10,23H2,1-8H3. The normalized spacial score (nSPS) is 23.3. The third-order valence-corrected chi connectivity index (χ3v) is 5.47. The van der Waals surface area contributed by atoms with E-state index in [0.29, 0.717) is 11.8 Å². The summed E-state index contributed by atoms with van der Waals surface area (Å²) < 4.78 is 6.44. The maximum atomic E-state index is 7.03. The molecule has 1 aromatic rings. The molecule has 0 radical (unpaired) electrons. The number of nitrogens with zero attached hydrogens (tertiary/aromatic N) is 2. The molecule has 4 heteroatoms. The van der Waals surface area contributed by atoms with E-state index in [1.165, 1.54) is 5.56 Å². The van der Waals surface area contributed by atoms with Crippen LogP contribution in [0.2, 0.25) is 0 Å². The van der Waals surface area contributed by atoms with Crippen molar-refractivity contribution in [3.8, 4) is 5.75 Å². The van der Waals surface area contributed by atoms with Crippen molar-refractivity contribution < 1.29 is 4.74 Å². The molecule has 0 saturated heterocycles. The lowest BCUT2D eigenvalue weighted by atomic mass is 9.73. The van der Waals surface area contributed by atoms with Gasteiger partial charge in [-0.25, -0.2) is 4.99 Å². The van der Waals surface area contributed by atoms with Crippen LogP contribution in [0.25, 0.3) is 0 Å². The number of aliphatic imine (C=N–C) groups is 1. The Kier molecular flexibility index (Phi) is 6.30. The predicted molar refractivity (Wildman–Crippen MR) is 111 cm³/mol. The van der Waals surface area contributed by atoms with Crippen molar-refractivity contribution in [2.45, 2.75) is 66.0 Å². The Hall–Kier alpha value is -1.65. The molecule has 1 aliphatic heterocycles. The van der Waals surface area contributed by atoms with E-state index < -0.39 is 5.54 Å². The van der Waals surface area contributed by atoms with Crippen LogP contribution in [0.3, 0.4) is 0 Å². The Morgan fingerprint density at radius 2 is 1.65 bits per heavy atom. The summed E-state index contributed by atoms with van der Waals surface area (Å²) in [5.41, 5.74) is 10.9.